The Kier molecular flexibility index (Phi) is 8.39. The van der Waals surface area contributed by atoms with Crippen LogP contribution in [0, 0.1) is 0 Å². The maximum absolute atomic E-state index is 12.2. The number of hydrogen-bond acceptors (Lipinski definition) is 11. The van der Waals surface area contributed by atoms with Crippen LogP contribution in [0.15, 0.2) is 24.8 Å². The van der Waals surface area contributed by atoms with E-state index in [0.29, 0.717) is 38.1 Å². The molecular formula is C23H33N7O5. The van der Waals surface area contributed by atoms with Crippen molar-refractivity contribution in [2.45, 2.75) is 45.9 Å². The molecule has 1 fully saturated rings. The molecule has 0 radical (unpaired) electrons. The second kappa shape index (κ2) is 11.3. The van der Waals surface area contributed by atoms with Gasteiger partial charge in [0.05, 0.1) is 31.4 Å². The standard InChI is InChI=1S/C23H33N7O5/c1-6-34-19(32)17-11-26-21(27-12-17)30-8-7-29(14-18(30)15-31)20-24-9-16(10-25-20)13-28(5)22(33)35-23(2,3)4/h9-12,18,31H,6-8,13-15H2,1-5H3/t18-/m1/s1. The highest BCUT2D eigenvalue weighted by Crippen LogP contribution is 2.20. The molecule has 0 unspecified atom stereocenters. The third-order valence-electron chi connectivity index (χ3n) is 5.20. The minimum Gasteiger partial charge on any atom is -0.462 e. The number of ether oxygens (including phenoxy) is 2. The predicted molar refractivity (Wildman–Crippen MR) is 128 cm³/mol. The SMILES string of the molecule is CCOC(=O)c1cnc(N2CCN(c3ncc(CN(C)C(=O)OC(C)(C)C)cn3)C[C@@H]2CO)nc1. The molecule has 1 aliphatic rings. The lowest BCUT2D eigenvalue weighted by Gasteiger charge is -2.40. The lowest BCUT2D eigenvalue weighted by atomic mass is 10.2. The molecule has 35 heavy (non-hydrogen) atoms. The first-order valence-electron chi connectivity index (χ1n) is 11.5. The molecule has 3 rings (SSSR count). The summed E-state index contributed by atoms with van der Waals surface area (Å²) in [5.41, 5.74) is 0.487. The highest BCUT2D eigenvalue weighted by Gasteiger charge is 2.30. The fraction of sp³-hybridized carbons (Fsp3) is 0.565. The number of esters is 1. The third kappa shape index (κ3) is 6.98. The normalized spacial score (nSPS) is 16.1. The van der Waals surface area contributed by atoms with E-state index in [9.17, 15) is 14.7 Å². The molecule has 0 bridgehead atoms. The van der Waals surface area contributed by atoms with Gasteiger partial charge in [-0.1, -0.05) is 0 Å². The fourth-order valence-corrected chi connectivity index (χ4v) is 3.52. The zero-order valence-corrected chi connectivity index (χ0v) is 20.8. The first-order chi connectivity index (χ1) is 16.6. The highest BCUT2D eigenvalue weighted by molar-refractivity contribution is 5.88. The largest absolute Gasteiger partial charge is 0.462 e. The molecule has 190 valence electrons. The van der Waals surface area contributed by atoms with E-state index in [1.807, 2.05) is 30.6 Å². The van der Waals surface area contributed by atoms with Gasteiger partial charge in [-0.05, 0) is 27.7 Å². The van der Waals surface area contributed by atoms with Gasteiger partial charge in [0.2, 0.25) is 11.9 Å². The summed E-state index contributed by atoms with van der Waals surface area (Å²) in [6.45, 7) is 9.28. The Bertz CT molecular complexity index is 995. The van der Waals surface area contributed by atoms with Crippen molar-refractivity contribution in [3.63, 3.8) is 0 Å². The molecule has 1 atom stereocenters. The first-order valence-corrected chi connectivity index (χ1v) is 11.5. The molecule has 12 heteroatoms. The number of aliphatic hydroxyl groups excluding tert-OH is 1. The summed E-state index contributed by atoms with van der Waals surface area (Å²) in [4.78, 5) is 46.8. The molecule has 1 N–H and O–H groups in total. The van der Waals surface area contributed by atoms with Crippen LogP contribution in [0.25, 0.3) is 0 Å². The Labute approximate surface area is 204 Å². The van der Waals surface area contributed by atoms with Gasteiger partial charge in [-0.15, -0.1) is 0 Å². The minimum atomic E-state index is -0.564. The van der Waals surface area contributed by atoms with E-state index in [4.69, 9.17) is 9.47 Å². The van der Waals surface area contributed by atoms with Gasteiger partial charge in [-0.3, -0.25) is 0 Å². The topological polar surface area (TPSA) is 134 Å². The first kappa shape index (κ1) is 26.1. The Morgan fingerprint density at radius 3 is 2.29 bits per heavy atom. The number of rotatable bonds is 7. The number of amides is 1. The van der Waals surface area contributed by atoms with Crippen molar-refractivity contribution in [3.8, 4) is 0 Å². The second-order valence-corrected chi connectivity index (χ2v) is 9.20. The van der Waals surface area contributed by atoms with Crippen LogP contribution >= 0.6 is 0 Å². The van der Waals surface area contributed by atoms with E-state index in [1.165, 1.54) is 17.3 Å². The van der Waals surface area contributed by atoms with Crippen LogP contribution in [-0.4, -0.2) is 93.5 Å². The maximum atomic E-state index is 12.2. The second-order valence-electron chi connectivity index (χ2n) is 9.20. The lowest BCUT2D eigenvalue weighted by Crippen LogP contribution is -2.56. The number of carbonyl (C=O) groups excluding carboxylic acids is 2. The van der Waals surface area contributed by atoms with Gasteiger partial charge in [0, 0.05) is 57.0 Å². The van der Waals surface area contributed by atoms with Crippen LogP contribution in [0.3, 0.4) is 0 Å². The quantitative estimate of drug-likeness (QED) is 0.569. The molecule has 0 spiro atoms. The highest BCUT2D eigenvalue weighted by atomic mass is 16.6. The van der Waals surface area contributed by atoms with Crippen molar-refractivity contribution in [2.24, 2.45) is 0 Å². The summed E-state index contributed by atoms with van der Waals surface area (Å²) in [7, 11) is 1.66. The average molecular weight is 488 g/mol. The molecule has 2 aromatic rings. The molecule has 12 nitrogen and oxygen atoms in total. The molecule has 0 aliphatic carbocycles. The van der Waals surface area contributed by atoms with Gasteiger partial charge in [0.1, 0.15) is 5.60 Å². The Hall–Kier alpha value is -3.54. The van der Waals surface area contributed by atoms with Crippen LogP contribution in [-0.2, 0) is 16.0 Å². The summed E-state index contributed by atoms with van der Waals surface area (Å²) >= 11 is 0. The molecular weight excluding hydrogens is 454 g/mol. The Balaban J connectivity index is 1.61. The van der Waals surface area contributed by atoms with Crippen LogP contribution in [0.5, 0.6) is 0 Å². The van der Waals surface area contributed by atoms with Crippen molar-refractivity contribution in [1.29, 1.82) is 0 Å². The molecule has 0 saturated carbocycles. The van der Waals surface area contributed by atoms with E-state index in [1.54, 1.807) is 26.4 Å². The molecule has 1 aliphatic heterocycles. The zero-order chi connectivity index (χ0) is 25.6. The number of hydrogen-bond donors (Lipinski definition) is 1. The number of nitrogens with zero attached hydrogens (tertiary/aromatic N) is 7. The van der Waals surface area contributed by atoms with Gasteiger partial charge >= 0.3 is 12.1 Å². The zero-order valence-electron chi connectivity index (χ0n) is 20.8. The third-order valence-corrected chi connectivity index (χ3v) is 5.20. The van der Waals surface area contributed by atoms with Crippen molar-refractivity contribution in [1.82, 2.24) is 24.8 Å². The fourth-order valence-electron chi connectivity index (χ4n) is 3.52. The maximum Gasteiger partial charge on any atom is 0.410 e. The van der Waals surface area contributed by atoms with Crippen LogP contribution in [0.2, 0.25) is 0 Å². The van der Waals surface area contributed by atoms with Gasteiger partial charge in [-0.2, -0.15) is 0 Å². The average Bonchev–Trinajstić information content (AvgIpc) is 2.83. The molecule has 3 heterocycles. The Morgan fingerprint density at radius 2 is 1.71 bits per heavy atom. The van der Waals surface area contributed by atoms with Crippen LogP contribution in [0.4, 0.5) is 16.7 Å². The summed E-state index contributed by atoms with van der Waals surface area (Å²) in [5.74, 6) is 0.490. The van der Waals surface area contributed by atoms with Gasteiger partial charge < -0.3 is 29.3 Å². The van der Waals surface area contributed by atoms with E-state index < -0.39 is 17.7 Å². The molecule has 2 aromatic heterocycles. The molecule has 1 amide bonds. The predicted octanol–water partition coefficient (Wildman–Crippen LogP) is 1.50. The van der Waals surface area contributed by atoms with E-state index in [0.717, 1.165) is 5.56 Å². The van der Waals surface area contributed by atoms with Crippen molar-refractivity contribution in [3.05, 3.63) is 35.9 Å². The number of piperazine rings is 1. The molecule has 0 aromatic carbocycles. The number of aromatic nitrogens is 4. The monoisotopic (exact) mass is 487 g/mol. The van der Waals surface area contributed by atoms with Crippen molar-refractivity contribution < 1.29 is 24.2 Å². The summed E-state index contributed by atoms with van der Waals surface area (Å²) in [5, 5.41) is 9.99. The lowest BCUT2D eigenvalue weighted by molar-refractivity contribution is 0.0284. The van der Waals surface area contributed by atoms with E-state index in [2.05, 4.69) is 19.9 Å². The molecule has 1 saturated heterocycles. The van der Waals surface area contributed by atoms with E-state index >= 15 is 0 Å². The van der Waals surface area contributed by atoms with Gasteiger partial charge in [0.15, 0.2) is 0 Å². The smallest absolute Gasteiger partial charge is 0.410 e. The van der Waals surface area contributed by atoms with Crippen LogP contribution < -0.4 is 9.80 Å². The Morgan fingerprint density at radius 1 is 1.09 bits per heavy atom. The summed E-state index contributed by atoms with van der Waals surface area (Å²) < 4.78 is 10.3. The van der Waals surface area contributed by atoms with Gasteiger partial charge in [0.25, 0.3) is 0 Å². The van der Waals surface area contributed by atoms with Crippen molar-refractivity contribution in [2.75, 3.05) is 49.7 Å². The number of aliphatic hydroxyl groups is 1. The summed E-state index contributed by atoms with van der Waals surface area (Å²) in [6.07, 6.45) is 5.80. The van der Waals surface area contributed by atoms with Gasteiger partial charge in [-0.25, -0.2) is 29.5 Å². The van der Waals surface area contributed by atoms with Crippen molar-refractivity contribution >= 4 is 24.0 Å². The van der Waals surface area contributed by atoms with E-state index in [-0.39, 0.29) is 24.8 Å². The number of anilines is 2. The van der Waals surface area contributed by atoms with Crippen LogP contribution in [0.1, 0.15) is 43.6 Å². The minimum absolute atomic E-state index is 0.113. The summed E-state index contributed by atoms with van der Waals surface area (Å²) in [6, 6.07) is -0.279. The number of carbonyl (C=O) groups is 2.